The van der Waals surface area contributed by atoms with Crippen molar-refractivity contribution in [3.63, 3.8) is 0 Å². The molecule has 1 aromatic carbocycles. The third kappa shape index (κ3) is 3.13. The Kier molecular flexibility index (Phi) is 4.19. The summed E-state index contributed by atoms with van der Waals surface area (Å²) in [4.78, 5) is 11.4. The van der Waals surface area contributed by atoms with Crippen LogP contribution in [0.15, 0.2) is 36.6 Å². The van der Waals surface area contributed by atoms with Crippen LogP contribution in [0, 0.1) is 0 Å². The molecular weight excluding hydrogens is 248 g/mol. The zero-order valence-corrected chi connectivity index (χ0v) is 10.7. The van der Waals surface area contributed by atoms with Crippen molar-refractivity contribution in [2.24, 2.45) is 0 Å². The molecular formula is C14H16O5. The van der Waals surface area contributed by atoms with E-state index in [1.165, 1.54) is 12.3 Å². The summed E-state index contributed by atoms with van der Waals surface area (Å²) in [5.41, 5.74) is 0.823. The van der Waals surface area contributed by atoms with Gasteiger partial charge in [-0.2, -0.15) is 0 Å². The van der Waals surface area contributed by atoms with Crippen molar-refractivity contribution in [1.82, 2.24) is 0 Å². The molecule has 0 radical (unpaired) electrons. The third-order valence-corrected chi connectivity index (χ3v) is 2.90. The minimum atomic E-state index is -1.30. The summed E-state index contributed by atoms with van der Waals surface area (Å²) in [6.45, 7) is -0.204. The first-order valence-electron chi connectivity index (χ1n) is 5.93. The van der Waals surface area contributed by atoms with Gasteiger partial charge in [0, 0.05) is 11.6 Å². The molecule has 0 amide bonds. The van der Waals surface area contributed by atoms with Crippen molar-refractivity contribution >= 4 is 5.78 Å². The van der Waals surface area contributed by atoms with Gasteiger partial charge in [0.25, 0.3) is 0 Å². The molecule has 0 bridgehead atoms. The minimum absolute atomic E-state index is 0.00481. The Balaban J connectivity index is 2.08. The maximum Gasteiger partial charge on any atom is 0.240 e. The van der Waals surface area contributed by atoms with E-state index in [2.05, 4.69) is 0 Å². The molecule has 1 atom stereocenters. The van der Waals surface area contributed by atoms with Crippen LogP contribution in [0.1, 0.15) is 12.0 Å². The van der Waals surface area contributed by atoms with Crippen molar-refractivity contribution in [3.05, 3.63) is 42.2 Å². The van der Waals surface area contributed by atoms with Crippen LogP contribution in [-0.4, -0.2) is 30.4 Å². The van der Waals surface area contributed by atoms with Crippen LogP contribution in [0.3, 0.4) is 0 Å². The smallest absolute Gasteiger partial charge is 0.240 e. The largest absolute Gasteiger partial charge is 0.496 e. The number of aliphatic hydroxyl groups is 1. The highest BCUT2D eigenvalue weighted by Crippen LogP contribution is 2.26. The predicted molar refractivity (Wildman–Crippen MR) is 67.4 cm³/mol. The van der Waals surface area contributed by atoms with E-state index in [0.29, 0.717) is 5.75 Å². The summed E-state index contributed by atoms with van der Waals surface area (Å²) in [6.07, 6.45) is 2.57. The lowest BCUT2D eigenvalue weighted by molar-refractivity contribution is -0.238. The van der Waals surface area contributed by atoms with Gasteiger partial charge in [0.1, 0.15) is 12.4 Å². The second kappa shape index (κ2) is 5.86. The van der Waals surface area contributed by atoms with Crippen molar-refractivity contribution in [3.8, 4) is 5.75 Å². The van der Waals surface area contributed by atoms with E-state index in [-0.39, 0.29) is 18.8 Å². The Morgan fingerprint density at radius 2 is 2.21 bits per heavy atom. The number of carbonyl (C=O) groups is 1. The molecule has 102 valence electrons. The first-order valence-corrected chi connectivity index (χ1v) is 5.93. The Morgan fingerprint density at radius 1 is 1.42 bits per heavy atom. The van der Waals surface area contributed by atoms with Gasteiger partial charge >= 0.3 is 0 Å². The molecule has 2 rings (SSSR count). The van der Waals surface area contributed by atoms with Gasteiger partial charge in [0.2, 0.25) is 5.79 Å². The number of hydrogen-bond donors (Lipinski definition) is 1. The van der Waals surface area contributed by atoms with Crippen molar-refractivity contribution in [1.29, 1.82) is 0 Å². The Bertz CT molecular complexity index is 482. The van der Waals surface area contributed by atoms with E-state index < -0.39 is 12.4 Å². The van der Waals surface area contributed by atoms with Crippen LogP contribution in [-0.2, 0) is 20.9 Å². The number of aliphatic hydroxyl groups excluding tert-OH is 1. The van der Waals surface area contributed by atoms with Crippen LogP contribution in [0.5, 0.6) is 5.75 Å². The molecule has 0 fully saturated rings. The molecule has 0 saturated carbocycles. The highest BCUT2D eigenvalue weighted by atomic mass is 16.7. The number of hydrogen-bond acceptors (Lipinski definition) is 5. The zero-order valence-electron chi connectivity index (χ0n) is 10.7. The summed E-state index contributed by atoms with van der Waals surface area (Å²) < 4.78 is 16.1. The number of ketones is 1. The molecule has 1 unspecified atom stereocenters. The summed E-state index contributed by atoms with van der Waals surface area (Å²) in [5, 5.41) is 9.40. The van der Waals surface area contributed by atoms with Gasteiger partial charge in [0.15, 0.2) is 5.78 Å². The Hall–Kier alpha value is -1.85. The lowest BCUT2D eigenvalue weighted by atomic mass is 10.1. The third-order valence-electron chi connectivity index (χ3n) is 2.90. The lowest BCUT2D eigenvalue weighted by Gasteiger charge is -2.32. The fourth-order valence-electron chi connectivity index (χ4n) is 1.86. The topological polar surface area (TPSA) is 65.0 Å². The average Bonchev–Trinajstić information content (AvgIpc) is 2.45. The van der Waals surface area contributed by atoms with Gasteiger partial charge in [-0.1, -0.05) is 18.2 Å². The number of carbonyl (C=O) groups excluding carboxylic acids is 1. The van der Waals surface area contributed by atoms with Gasteiger partial charge in [-0.05, 0) is 6.07 Å². The monoisotopic (exact) mass is 264 g/mol. The molecule has 1 heterocycles. The van der Waals surface area contributed by atoms with E-state index in [4.69, 9.17) is 14.2 Å². The fourth-order valence-corrected chi connectivity index (χ4v) is 1.86. The zero-order chi connectivity index (χ0) is 13.7. The molecule has 5 heteroatoms. The van der Waals surface area contributed by atoms with Crippen LogP contribution in [0.2, 0.25) is 0 Å². The Labute approximate surface area is 111 Å². The number of para-hydroxylation sites is 1. The lowest BCUT2D eigenvalue weighted by Crippen LogP contribution is -2.42. The van der Waals surface area contributed by atoms with E-state index in [9.17, 15) is 9.90 Å². The van der Waals surface area contributed by atoms with Crippen LogP contribution >= 0.6 is 0 Å². The van der Waals surface area contributed by atoms with Crippen molar-refractivity contribution in [2.45, 2.75) is 18.8 Å². The van der Waals surface area contributed by atoms with Crippen molar-refractivity contribution in [2.75, 3.05) is 13.7 Å². The molecule has 0 spiro atoms. The van der Waals surface area contributed by atoms with Gasteiger partial charge in [0.05, 0.1) is 26.4 Å². The normalized spacial score (nSPS) is 22.1. The second-order valence-electron chi connectivity index (χ2n) is 4.23. The molecule has 1 aliphatic rings. The molecule has 1 N–H and O–H groups in total. The summed E-state index contributed by atoms with van der Waals surface area (Å²) in [6, 6.07) is 7.38. The summed E-state index contributed by atoms with van der Waals surface area (Å²) in [7, 11) is 1.57. The molecule has 0 aromatic heterocycles. The quantitative estimate of drug-likeness (QED) is 0.871. The highest BCUT2D eigenvalue weighted by Gasteiger charge is 2.36. The fraction of sp³-hybridized carbons (Fsp3) is 0.357. The average molecular weight is 264 g/mol. The van der Waals surface area contributed by atoms with Crippen LogP contribution in [0.4, 0.5) is 0 Å². The SMILES string of the molecule is COc1ccccc1COC1(CO)CC(=O)C=CO1. The number of ether oxygens (including phenoxy) is 3. The maximum atomic E-state index is 11.4. The molecule has 19 heavy (non-hydrogen) atoms. The van der Waals surface area contributed by atoms with Gasteiger partial charge in [-0.15, -0.1) is 0 Å². The van der Waals surface area contributed by atoms with E-state index in [1.807, 2.05) is 24.3 Å². The Morgan fingerprint density at radius 3 is 2.89 bits per heavy atom. The van der Waals surface area contributed by atoms with E-state index in [1.54, 1.807) is 7.11 Å². The first-order chi connectivity index (χ1) is 9.19. The van der Waals surface area contributed by atoms with Crippen molar-refractivity contribution < 1.29 is 24.1 Å². The number of methoxy groups -OCH3 is 1. The van der Waals surface area contributed by atoms with Gasteiger partial charge in [-0.25, -0.2) is 0 Å². The molecule has 0 aliphatic carbocycles. The molecule has 1 aliphatic heterocycles. The van der Waals surface area contributed by atoms with Crippen LogP contribution in [0.25, 0.3) is 0 Å². The van der Waals surface area contributed by atoms with Crippen LogP contribution < -0.4 is 4.74 Å². The summed E-state index contributed by atoms with van der Waals surface area (Å²) in [5.74, 6) is -0.749. The van der Waals surface area contributed by atoms with E-state index >= 15 is 0 Å². The molecule has 0 saturated heterocycles. The standard InChI is InChI=1S/C14H16O5/c1-17-13-5-3-2-4-11(13)9-19-14(10-15)8-12(16)6-7-18-14/h2-7,15H,8-10H2,1H3. The number of rotatable bonds is 5. The minimum Gasteiger partial charge on any atom is -0.496 e. The maximum absolute atomic E-state index is 11.4. The van der Waals surface area contributed by atoms with E-state index in [0.717, 1.165) is 5.56 Å². The second-order valence-corrected chi connectivity index (χ2v) is 4.23. The van der Waals surface area contributed by atoms with Gasteiger partial charge < -0.3 is 19.3 Å². The molecule has 5 nitrogen and oxygen atoms in total. The molecule has 1 aromatic rings. The first kappa shape index (κ1) is 13.6. The predicted octanol–water partition coefficient (Wildman–Crippen LogP) is 1.40. The summed E-state index contributed by atoms with van der Waals surface area (Å²) >= 11 is 0. The number of benzene rings is 1. The van der Waals surface area contributed by atoms with Gasteiger partial charge in [-0.3, -0.25) is 4.79 Å². The number of allylic oxidation sites excluding steroid dienone is 1. The highest BCUT2D eigenvalue weighted by molar-refractivity contribution is 5.90.